The highest BCUT2D eigenvalue weighted by Gasteiger charge is 2.34. The average molecular weight is 429 g/mol. The summed E-state index contributed by atoms with van der Waals surface area (Å²) in [4.78, 5) is 29.7. The molecule has 150 valence electrons. The number of pyridine rings is 2. The number of oxime groups is 1. The lowest BCUT2D eigenvalue weighted by molar-refractivity contribution is -0.138. The van der Waals surface area contributed by atoms with Crippen LogP contribution in [0.5, 0.6) is 0 Å². The van der Waals surface area contributed by atoms with E-state index in [1.165, 1.54) is 0 Å². The molecule has 0 radical (unpaired) electrons. The van der Waals surface area contributed by atoms with Crippen LogP contribution in [0.25, 0.3) is 5.69 Å². The normalized spacial score (nSPS) is 12.8. The second kappa shape index (κ2) is 7.50. The number of nitrogens with zero attached hydrogens (tertiary/aromatic N) is 3. The third-order valence-electron chi connectivity index (χ3n) is 3.19. The zero-order valence-corrected chi connectivity index (χ0v) is 13.9. The molecule has 0 aliphatic heterocycles. The fraction of sp³-hybridized carbons (Fsp3) is 0.143. The van der Waals surface area contributed by atoms with Crippen LogP contribution >= 0.6 is 11.6 Å². The fourth-order valence-corrected chi connectivity index (χ4v) is 2.20. The van der Waals surface area contributed by atoms with E-state index in [1.807, 2.05) is 0 Å². The predicted molar refractivity (Wildman–Crippen MR) is 82.7 cm³/mol. The molecule has 2 aromatic heterocycles. The molecule has 7 nitrogen and oxygen atoms in total. The monoisotopic (exact) mass is 428 g/mol. The first kappa shape index (κ1) is 21.2. The van der Waals surface area contributed by atoms with E-state index in [9.17, 15) is 35.9 Å². The zero-order chi connectivity index (χ0) is 21.3. The van der Waals surface area contributed by atoms with Gasteiger partial charge in [0.15, 0.2) is 5.84 Å². The number of alkyl halides is 6. The van der Waals surface area contributed by atoms with Crippen LogP contribution in [0.15, 0.2) is 34.5 Å². The second-order valence-corrected chi connectivity index (χ2v) is 5.42. The second-order valence-electron chi connectivity index (χ2n) is 5.02. The largest absolute Gasteiger partial charge is 0.417 e. The van der Waals surface area contributed by atoms with Gasteiger partial charge in [-0.05, 0) is 12.1 Å². The third kappa shape index (κ3) is 4.42. The lowest BCUT2D eigenvalue weighted by Gasteiger charge is -2.16. The Morgan fingerprint density at radius 3 is 2.32 bits per heavy atom. The van der Waals surface area contributed by atoms with Crippen LogP contribution in [-0.4, -0.2) is 21.9 Å². The third-order valence-corrected chi connectivity index (χ3v) is 3.46. The summed E-state index contributed by atoms with van der Waals surface area (Å²) in [5, 5.41) is 2.11. The first-order chi connectivity index (χ1) is 12.9. The number of carbonyl (C=O) groups excluding carboxylic acids is 1. The Morgan fingerprint density at radius 2 is 1.79 bits per heavy atom. The van der Waals surface area contributed by atoms with Crippen molar-refractivity contribution in [2.75, 3.05) is 0 Å². The number of nitrogens with two attached hydrogens (primary N) is 1. The van der Waals surface area contributed by atoms with Gasteiger partial charge in [-0.15, -0.1) is 0 Å². The number of halogens is 7. The standard InChI is InChI=1S/C14H7ClF6N4O3/c15-8-1-7(14(19,20)21)4-25(12(8)27)9-2-6(13(16,17)18)3-23-10(9)11(22)24-28-5-26/h1-5H,(H2,22,24). The molecule has 0 amide bonds. The summed E-state index contributed by atoms with van der Waals surface area (Å²) in [6.45, 7) is -0.177. The summed E-state index contributed by atoms with van der Waals surface area (Å²) in [5.74, 6) is -0.781. The average Bonchev–Trinajstić information content (AvgIpc) is 2.59. The Balaban J connectivity index is 2.87. The minimum atomic E-state index is -4.96. The van der Waals surface area contributed by atoms with E-state index >= 15 is 0 Å². The van der Waals surface area contributed by atoms with Crippen LogP contribution < -0.4 is 11.3 Å². The highest BCUT2D eigenvalue weighted by molar-refractivity contribution is 6.30. The fourth-order valence-electron chi connectivity index (χ4n) is 1.99. The van der Waals surface area contributed by atoms with Gasteiger partial charge >= 0.3 is 18.8 Å². The number of amidine groups is 1. The van der Waals surface area contributed by atoms with Gasteiger partial charge in [-0.25, -0.2) is 0 Å². The van der Waals surface area contributed by atoms with Crippen molar-refractivity contribution >= 4 is 23.9 Å². The molecule has 14 heteroatoms. The van der Waals surface area contributed by atoms with Crippen LogP contribution in [0, 0.1) is 0 Å². The van der Waals surface area contributed by atoms with Gasteiger partial charge in [0, 0.05) is 12.4 Å². The molecule has 2 aromatic rings. The van der Waals surface area contributed by atoms with Crippen molar-refractivity contribution in [3.05, 3.63) is 56.7 Å². The van der Waals surface area contributed by atoms with Crippen molar-refractivity contribution in [2.24, 2.45) is 10.9 Å². The number of aromatic nitrogens is 2. The van der Waals surface area contributed by atoms with Gasteiger partial charge in [-0.1, -0.05) is 16.8 Å². The highest BCUT2D eigenvalue weighted by atomic mass is 35.5. The van der Waals surface area contributed by atoms with Gasteiger partial charge in [0.05, 0.1) is 16.8 Å². The number of hydrogen-bond donors (Lipinski definition) is 1. The van der Waals surface area contributed by atoms with E-state index in [4.69, 9.17) is 17.3 Å². The van der Waals surface area contributed by atoms with E-state index < -0.39 is 51.3 Å². The molecule has 2 rings (SSSR count). The van der Waals surface area contributed by atoms with Gasteiger partial charge in [0.25, 0.3) is 5.56 Å². The van der Waals surface area contributed by atoms with E-state index in [2.05, 4.69) is 15.0 Å². The predicted octanol–water partition coefficient (Wildman–Crippen LogP) is 2.72. The molecular weight excluding hydrogens is 422 g/mol. The molecule has 0 bridgehead atoms. The number of hydrogen-bond acceptors (Lipinski definition) is 5. The van der Waals surface area contributed by atoms with Crippen molar-refractivity contribution in [1.29, 1.82) is 0 Å². The molecule has 0 fully saturated rings. The molecule has 2 N–H and O–H groups in total. The van der Waals surface area contributed by atoms with Crippen LogP contribution in [-0.2, 0) is 22.0 Å². The van der Waals surface area contributed by atoms with Gasteiger partial charge in [0.1, 0.15) is 10.7 Å². The van der Waals surface area contributed by atoms with E-state index in [0.29, 0.717) is 18.3 Å². The van der Waals surface area contributed by atoms with Crippen LogP contribution in [0.4, 0.5) is 26.3 Å². The molecule has 0 spiro atoms. The molecule has 0 aliphatic rings. The SMILES string of the molecule is N/C(=N\OC=O)c1ncc(C(F)(F)F)cc1-n1cc(C(F)(F)F)cc(Cl)c1=O. The van der Waals surface area contributed by atoms with E-state index in [1.54, 1.807) is 0 Å². The van der Waals surface area contributed by atoms with Gasteiger partial charge < -0.3 is 10.6 Å². The number of rotatable bonds is 4. The number of carbonyl (C=O) groups is 1. The Labute approximate surface area is 156 Å². The van der Waals surface area contributed by atoms with Crippen LogP contribution in [0.1, 0.15) is 16.8 Å². The lowest BCUT2D eigenvalue weighted by Crippen LogP contribution is -2.26. The summed E-state index contributed by atoms with van der Waals surface area (Å²) in [6.07, 6.45) is -9.37. The summed E-state index contributed by atoms with van der Waals surface area (Å²) >= 11 is 5.51. The molecule has 0 unspecified atom stereocenters. The summed E-state index contributed by atoms with van der Waals surface area (Å²) in [5.41, 5.74) is -0.120. The van der Waals surface area contributed by atoms with Crippen LogP contribution in [0.3, 0.4) is 0 Å². The zero-order valence-electron chi connectivity index (χ0n) is 13.2. The first-order valence-corrected chi connectivity index (χ1v) is 7.24. The molecule has 28 heavy (non-hydrogen) atoms. The van der Waals surface area contributed by atoms with Crippen LogP contribution in [0.2, 0.25) is 5.02 Å². The van der Waals surface area contributed by atoms with Crippen molar-refractivity contribution in [3.63, 3.8) is 0 Å². The molecule has 0 saturated heterocycles. The van der Waals surface area contributed by atoms with Crippen molar-refractivity contribution in [1.82, 2.24) is 9.55 Å². The van der Waals surface area contributed by atoms with E-state index in [0.717, 1.165) is 0 Å². The smallest absolute Gasteiger partial charge is 0.379 e. The van der Waals surface area contributed by atoms with Crippen molar-refractivity contribution in [3.8, 4) is 5.69 Å². The van der Waals surface area contributed by atoms with Gasteiger partial charge in [0.2, 0.25) is 0 Å². The summed E-state index contributed by atoms with van der Waals surface area (Å²) in [6, 6.07) is 0.636. The summed E-state index contributed by atoms with van der Waals surface area (Å²) in [7, 11) is 0. The van der Waals surface area contributed by atoms with Crippen molar-refractivity contribution < 1.29 is 36.0 Å². The Kier molecular flexibility index (Phi) is 5.68. The molecule has 0 aromatic carbocycles. The minimum Gasteiger partial charge on any atom is -0.379 e. The minimum absolute atomic E-state index is 0.177. The van der Waals surface area contributed by atoms with Gasteiger partial charge in [-0.3, -0.25) is 19.1 Å². The molecule has 0 saturated carbocycles. The maximum Gasteiger partial charge on any atom is 0.417 e. The quantitative estimate of drug-likeness (QED) is 0.202. The molecule has 0 aliphatic carbocycles. The molecular formula is C14H7ClF6N4O3. The summed E-state index contributed by atoms with van der Waals surface area (Å²) < 4.78 is 78.2. The topological polar surface area (TPSA) is 99.6 Å². The highest BCUT2D eigenvalue weighted by Crippen LogP contribution is 2.33. The van der Waals surface area contributed by atoms with Crippen molar-refractivity contribution in [2.45, 2.75) is 12.4 Å². The van der Waals surface area contributed by atoms with Gasteiger partial charge in [-0.2, -0.15) is 26.3 Å². The van der Waals surface area contributed by atoms with E-state index in [-0.39, 0.29) is 17.2 Å². The lowest BCUT2D eigenvalue weighted by atomic mass is 10.2. The molecule has 0 atom stereocenters. The maximum absolute atomic E-state index is 13.0. The first-order valence-electron chi connectivity index (χ1n) is 6.86. The Bertz CT molecular complexity index is 1000. The maximum atomic E-state index is 13.0. The Hall–Kier alpha value is -3.09. The Morgan fingerprint density at radius 1 is 1.18 bits per heavy atom. The molecule has 2 heterocycles.